The van der Waals surface area contributed by atoms with E-state index in [-0.39, 0.29) is 6.04 Å². The highest BCUT2D eigenvalue weighted by Crippen LogP contribution is 2.25. The van der Waals surface area contributed by atoms with Crippen LogP contribution in [0, 0.1) is 0 Å². The Hall–Kier alpha value is -1.88. The van der Waals surface area contributed by atoms with Gasteiger partial charge in [0.1, 0.15) is 0 Å². The summed E-state index contributed by atoms with van der Waals surface area (Å²) in [6, 6.07) is 9.33. The number of rotatable bonds is 2. The van der Waals surface area contributed by atoms with Crippen LogP contribution in [0.25, 0.3) is 0 Å². The minimum atomic E-state index is -0.446. The fourth-order valence-electron chi connectivity index (χ4n) is 1.92. The monoisotopic (exact) mass is 247 g/mol. The van der Waals surface area contributed by atoms with Gasteiger partial charge in [0.2, 0.25) is 5.91 Å². The summed E-state index contributed by atoms with van der Waals surface area (Å²) in [5.74, 6) is -0.446. The molecule has 1 aliphatic rings. The summed E-state index contributed by atoms with van der Waals surface area (Å²) >= 11 is 5.09. The first-order chi connectivity index (χ1) is 8.09. The molecule has 0 aromatic heterocycles. The zero-order valence-electron chi connectivity index (χ0n) is 9.36. The zero-order chi connectivity index (χ0) is 12.4. The average Bonchev–Trinajstić information content (AvgIpc) is 2.28. The molecule has 0 spiro atoms. The Labute approximate surface area is 105 Å². The molecule has 2 rings (SSSR count). The highest BCUT2D eigenvalue weighted by atomic mass is 32.1. The third-order valence-corrected chi connectivity index (χ3v) is 2.89. The number of carbonyl (C=O) groups is 1. The lowest BCUT2D eigenvalue weighted by atomic mass is 9.95. The first kappa shape index (κ1) is 11.6. The van der Waals surface area contributed by atoms with Gasteiger partial charge in [-0.3, -0.25) is 4.79 Å². The lowest BCUT2D eigenvalue weighted by Crippen LogP contribution is -2.46. The van der Waals surface area contributed by atoms with E-state index in [1.54, 1.807) is 6.92 Å². The van der Waals surface area contributed by atoms with E-state index in [9.17, 15) is 4.79 Å². The maximum atomic E-state index is 11.5. The maximum Gasteiger partial charge on any atom is 0.248 e. The summed E-state index contributed by atoms with van der Waals surface area (Å²) in [5, 5.41) is 6.47. The van der Waals surface area contributed by atoms with E-state index in [2.05, 4.69) is 10.6 Å². The quantitative estimate of drug-likeness (QED) is 0.681. The van der Waals surface area contributed by atoms with Gasteiger partial charge < -0.3 is 16.4 Å². The first-order valence-corrected chi connectivity index (χ1v) is 5.63. The molecule has 0 bridgehead atoms. The van der Waals surface area contributed by atoms with Crippen LogP contribution in [0.1, 0.15) is 18.5 Å². The second kappa shape index (κ2) is 4.55. The van der Waals surface area contributed by atoms with Crippen molar-refractivity contribution in [2.45, 2.75) is 13.0 Å². The second-order valence-corrected chi connectivity index (χ2v) is 4.25. The van der Waals surface area contributed by atoms with Crippen LogP contribution in [0.15, 0.2) is 41.6 Å². The van der Waals surface area contributed by atoms with Gasteiger partial charge >= 0.3 is 0 Å². The van der Waals surface area contributed by atoms with Gasteiger partial charge in [0, 0.05) is 5.70 Å². The van der Waals surface area contributed by atoms with Crippen LogP contribution in [-0.2, 0) is 4.79 Å². The molecule has 1 aliphatic heterocycles. The van der Waals surface area contributed by atoms with Gasteiger partial charge in [0.15, 0.2) is 5.11 Å². The van der Waals surface area contributed by atoms with E-state index >= 15 is 0 Å². The second-order valence-electron chi connectivity index (χ2n) is 3.85. The number of nitrogens with one attached hydrogen (secondary N) is 2. The number of benzene rings is 1. The normalized spacial score (nSPS) is 19.6. The van der Waals surface area contributed by atoms with Gasteiger partial charge in [-0.15, -0.1) is 0 Å². The topological polar surface area (TPSA) is 67.2 Å². The van der Waals surface area contributed by atoms with Crippen LogP contribution in [0.5, 0.6) is 0 Å². The largest absolute Gasteiger partial charge is 0.366 e. The number of thiocarbonyl (C=S) groups is 1. The Morgan fingerprint density at radius 1 is 1.35 bits per heavy atom. The summed E-state index contributed by atoms with van der Waals surface area (Å²) in [5.41, 5.74) is 7.60. The van der Waals surface area contributed by atoms with Crippen molar-refractivity contribution < 1.29 is 4.79 Å². The summed E-state index contributed by atoms with van der Waals surface area (Å²) in [4.78, 5) is 11.5. The molecule has 0 saturated heterocycles. The molecule has 0 fully saturated rings. The smallest absolute Gasteiger partial charge is 0.248 e. The Bertz CT molecular complexity index is 496. The lowest BCUT2D eigenvalue weighted by Gasteiger charge is -2.29. The van der Waals surface area contributed by atoms with Crippen molar-refractivity contribution in [1.82, 2.24) is 10.6 Å². The van der Waals surface area contributed by atoms with E-state index in [0.29, 0.717) is 16.4 Å². The first-order valence-electron chi connectivity index (χ1n) is 5.22. The van der Waals surface area contributed by atoms with Crippen LogP contribution >= 0.6 is 12.2 Å². The molecule has 0 aliphatic carbocycles. The molecule has 4 nitrogen and oxygen atoms in total. The molecule has 1 amide bonds. The lowest BCUT2D eigenvalue weighted by molar-refractivity contribution is -0.115. The van der Waals surface area contributed by atoms with E-state index in [4.69, 9.17) is 18.0 Å². The number of allylic oxidation sites excluding steroid dienone is 1. The molecule has 1 heterocycles. The summed E-state index contributed by atoms with van der Waals surface area (Å²) in [6.07, 6.45) is 0. The highest BCUT2D eigenvalue weighted by molar-refractivity contribution is 7.80. The Morgan fingerprint density at radius 2 is 2.00 bits per heavy atom. The van der Waals surface area contributed by atoms with Gasteiger partial charge in [-0.1, -0.05) is 30.3 Å². The van der Waals surface area contributed by atoms with Crippen molar-refractivity contribution in [2.24, 2.45) is 5.73 Å². The van der Waals surface area contributed by atoms with Gasteiger partial charge in [-0.2, -0.15) is 0 Å². The van der Waals surface area contributed by atoms with Gasteiger partial charge in [-0.05, 0) is 24.7 Å². The SMILES string of the molecule is CC1=C(C(N)=O)C(c2ccccc2)NC(=S)N1. The highest BCUT2D eigenvalue weighted by Gasteiger charge is 2.27. The van der Waals surface area contributed by atoms with Crippen LogP contribution in [0.3, 0.4) is 0 Å². The molecule has 1 atom stereocenters. The summed E-state index contributed by atoms with van der Waals surface area (Å²) < 4.78 is 0. The van der Waals surface area contributed by atoms with Gasteiger partial charge in [0.25, 0.3) is 0 Å². The summed E-state index contributed by atoms with van der Waals surface area (Å²) in [7, 11) is 0. The fourth-order valence-corrected chi connectivity index (χ4v) is 2.19. The predicted octanol–water partition coefficient (Wildman–Crippen LogP) is 0.965. The van der Waals surface area contributed by atoms with Crippen LogP contribution < -0.4 is 16.4 Å². The fraction of sp³-hybridized carbons (Fsp3) is 0.167. The maximum absolute atomic E-state index is 11.5. The molecule has 5 heteroatoms. The number of carbonyl (C=O) groups excluding carboxylic acids is 1. The van der Waals surface area contributed by atoms with Crippen LogP contribution in [0.4, 0.5) is 0 Å². The van der Waals surface area contributed by atoms with Gasteiger partial charge in [0.05, 0.1) is 11.6 Å². The third-order valence-electron chi connectivity index (χ3n) is 2.67. The molecule has 1 unspecified atom stereocenters. The molecular formula is C12H13N3OS. The minimum Gasteiger partial charge on any atom is -0.366 e. The zero-order valence-corrected chi connectivity index (χ0v) is 10.2. The number of amides is 1. The van der Waals surface area contributed by atoms with Gasteiger partial charge in [-0.25, -0.2) is 0 Å². The van der Waals surface area contributed by atoms with E-state index < -0.39 is 5.91 Å². The Kier molecular flexibility index (Phi) is 3.10. The number of primary amides is 1. The van der Waals surface area contributed by atoms with Crippen molar-refractivity contribution in [3.63, 3.8) is 0 Å². The van der Waals surface area contributed by atoms with E-state index in [1.165, 1.54) is 0 Å². The summed E-state index contributed by atoms with van der Waals surface area (Å²) in [6.45, 7) is 1.79. The Morgan fingerprint density at radius 3 is 2.59 bits per heavy atom. The van der Waals surface area contributed by atoms with Crippen LogP contribution in [0.2, 0.25) is 0 Å². The number of hydrogen-bond acceptors (Lipinski definition) is 2. The Balaban J connectivity index is 2.47. The predicted molar refractivity (Wildman–Crippen MR) is 69.9 cm³/mol. The molecule has 4 N–H and O–H groups in total. The third kappa shape index (κ3) is 2.29. The number of nitrogens with two attached hydrogens (primary N) is 1. The number of hydrogen-bond donors (Lipinski definition) is 3. The molecule has 1 aromatic rings. The molecule has 17 heavy (non-hydrogen) atoms. The molecule has 0 radical (unpaired) electrons. The average molecular weight is 247 g/mol. The molecule has 1 aromatic carbocycles. The van der Waals surface area contributed by atoms with Crippen molar-refractivity contribution >= 4 is 23.2 Å². The standard InChI is InChI=1S/C12H13N3OS/c1-7-9(11(13)16)10(15-12(17)14-7)8-5-3-2-4-6-8/h2-6,10H,1H3,(H2,13,16)(H2,14,15,17). The van der Waals surface area contributed by atoms with Crippen molar-refractivity contribution in [1.29, 1.82) is 0 Å². The molecule has 0 saturated carbocycles. The van der Waals surface area contributed by atoms with E-state index in [0.717, 1.165) is 5.56 Å². The molecular weight excluding hydrogens is 234 g/mol. The van der Waals surface area contributed by atoms with Crippen LogP contribution in [-0.4, -0.2) is 11.0 Å². The van der Waals surface area contributed by atoms with Crippen molar-refractivity contribution in [3.8, 4) is 0 Å². The van der Waals surface area contributed by atoms with Crippen molar-refractivity contribution in [2.75, 3.05) is 0 Å². The molecule has 88 valence electrons. The van der Waals surface area contributed by atoms with Crippen molar-refractivity contribution in [3.05, 3.63) is 47.2 Å². The van der Waals surface area contributed by atoms with E-state index in [1.807, 2.05) is 30.3 Å². The minimum absolute atomic E-state index is 0.276.